The number of benzene rings is 1. The molecular weight excluding hydrogens is 324 g/mol. The van der Waals surface area contributed by atoms with Gasteiger partial charge >= 0.3 is 12.1 Å². The van der Waals surface area contributed by atoms with Crippen LogP contribution < -0.4 is 16.0 Å². The van der Waals surface area contributed by atoms with Gasteiger partial charge < -0.3 is 20.1 Å². The van der Waals surface area contributed by atoms with Crippen molar-refractivity contribution < 1.29 is 19.1 Å². The number of hydrogen-bond donors (Lipinski definition) is 3. The number of urea groups is 1. The third kappa shape index (κ3) is 5.61. The van der Waals surface area contributed by atoms with Crippen LogP contribution >= 0.6 is 0 Å². The zero-order valence-electron chi connectivity index (χ0n) is 14.3. The lowest BCUT2D eigenvalue weighted by molar-refractivity contribution is 0.0983. The van der Waals surface area contributed by atoms with Crippen molar-refractivity contribution >= 4 is 28.7 Å². The predicted molar refractivity (Wildman–Crippen MR) is 94.5 cm³/mol. The first-order valence-corrected chi connectivity index (χ1v) is 7.96. The van der Waals surface area contributed by atoms with Crippen molar-refractivity contribution in [1.29, 1.82) is 0 Å². The molecule has 8 nitrogen and oxygen atoms in total. The molecule has 3 N–H and O–H groups in total. The van der Waals surface area contributed by atoms with Gasteiger partial charge in [0.05, 0.1) is 6.61 Å². The Bertz CT molecular complexity index is 736. The third-order valence-electron chi connectivity index (χ3n) is 3.38. The van der Waals surface area contributed by atoms with Gasteiger partial charge in [0.25, 0.3) is 0 Å². The molecule has 3 amide bonds. The van der Waals surface area contributed by atoms with Crippen LogP contribution in [0.5, 0.6) is 0 Å². The van der Waals surface area contributed by atoms with Gasteiger partial charge in [0.15, 0.2) is 0 Å². The smallest absolute Gasteiger partial charge is 0.407 e. The van der Waals surface area contributed by atoms with Gasteiger partial charge in [-0.05, 0) is 23.9 Å². The summed E-state index contributed by atoms with van der Waals surface area (Å²) in [6.07, 6.45) is 1.17. The van der Waals surface area contributed by atoms with E-state index in [0.717, 1.165) is 16.3 Å². The fraction of sp³-hybridized carbons (Fsp3) is 0.353. The molecule has 8 heteroatoms. The fourth-order valence-corrected chi connectivity index (χ4v) is 2.21. The van der Waals surface area contributed by atoms with Gasteiger partial charge in [-0.15, -0.1) is 0 Å². The van der Waals surface area contributed by atoms with Crippen LogP contribution in [-0.4, -0.2) is 44.0 Å². The highest BCUT2D eigenvalue weighted by molar-refractivity contribution is 5.92. The minimum absolute atomic E-state index is 0.203. The van der Waals surface area contributed by atoms with Crippen LogP contribution in [0.1, 0.15) is 12.5 Å². The van der Waals surface area contributed by atoms with E-state index in [-0.39, 0.29) is 12.6 Å². The number of alkyl carbamates (subject to hydrolysis) is 1. The molecule has 134 valence electrons. The Morgan fingerprint density at radius 1 is 1.20 bits per heavy atom. The molecule has 2 rings (SSSR count). The monoisotopic (exact) mass is 346 g/mol. The number of aromatic nitrogens is 1. The van der Waals surface area contributed by atoms with Gasteiger partial charge in [0, 0.05) is 31.8 Å². The molecule has 0 unspecified atom stereocenters. The van der Waals surface area contributed by atoms with Crippen molar-refractivity contribution in [3.05, 3.63) is 36.0 Å². The summed E-state index contributed by atoms with van der Waals surface area (Å²) in [6, 6.07) is 7.18. The average Bonchev–Trinajstić information content (AvgIpc) is 2.60. The lowest BCUT2D eigenvalue weighted by Crippen LogP contribution is -2.28. The minimum Gasteiger partial charge on any atom is -0.447 e. The maximum Gasteiger partial charge on any atom is 0.407 e. The van der Waals surface area contributed by atoms with Crippen LogP contribution in [0.2, 0.25) is 0 Å². The van der Waals surface area contributed by atoms with E-state index in [1.54, 1.807) is 19.4 Å². The van der Waals surface area contributed by atoms with E-state index in [9.17, 15) is 9.59 Å². The van der Waals surface area contributed by atoms with Crippen molar-refractivity contribution in [1.82, 2.24) is 15.6 Å². The average molecular weight is 346 g/mol. The normalized spacial score (nSPS) is 10.3. The molecular formula is C17H22N4O4. The predicted octanol–water partition coefficient (Wildman–Crippen LogP) is 2.25. The van der Waals surface area contributed by atoms with Crippen LogP contribution in [-0.2, 0) is 16.0 Å². The van der Waals surface area contributed by atoms with Crippen molar-refractivity contribution in [2.24, 2.45) is 0 Å². The zero-order valence-corrected chi connectivity index (χ0v) is 14.3. The Kier molecular flexibility index (Phi) is 6.97. The van der Waals surface area contributed by atoms with Gasteiger partial charge in [-0.25, -0.2) is 14.6 Å². The molecule has 0 saturated heterocycles. The second kappa shape index (κ2) is 9.43. The Labute approximate surface area is 145 Å². The van der Waals surface area contributed by atoms with E-state index in [1.165, 1.54) is 0 Å². The highest BCUT2D eigenvalue weighted by Gasteiger charge is 2.07. The van der Waals surface area contributed by atoms with Gasteiger partial charge in [0.2, 0.25) is 0 Å². The van der Waals surface area contributed by atoms with E-state index in [1.807, 2.05) is 25.1 Å². The first-order valence-electron chi connectivity index (χ1n) is 7.96. The van der Waals surface area contributed by atoms with Crippen molar-refractivity contribution in [3.8, 4) is 0 Å². The Morgan fingerprint density at radius 2 is 2.04 bits per heavy atom. The molecule has 2 aromatic rings. The summed E-state index contributed by atoms with van der Waals surface area (Å²) in [7, 11) is 1.54. The first-order chi connectivity index (χ1) is 12.1. The number of hydrogen-bond acceptors (Lipinski definition) is 5. The number of anilines is 1. The van der Waals surface area contributed by atoms with E-state index < -0.39 is 6.09 Å². The van der Waals surface area contributed by atoms with Crippen molar-refractivity contribution in [2.75, 3.05) is 32.2 Å². The molecule has 0 aliphatic carbocycles. The summed E-state index contributed by atoms with van der Waals surface area (Å²) in [6.45, 7) is 3.25. The zero-order chi connectivity index (χ0) is 18.1. The molecule has 0 fully saturated rings. The van der Waals surface area contributed by atoms with Crippen molar-refractivity contribution in [3.63, 3.8) is 0 Å². The maximum absolute atomic E-state index is 11.6. The molecule has 1 aromatic carbocycles. The lowest BCUT2D eigenvalue weighted by atomic mass is 10.1. The number of carbonyl (C=O) groups is 2. The highest BCUT2D eigenvalue weighted by Crippen LogP contribution is 2.20. The molecule has 1 heterocycles. The topological polar surface area (TPSA) is 102 Å². The van der Waals surface area contributed by atoms with E-state index in [4.69, 9.17) is 9.47 Å². The molecule has 1 aromatic heterocycles. The Morgan fingerprint density at radius 3 is 2.80 bits per heavy atom. The lowest BCUT2D eigenvalue weighted by Gasteiger charge is -2.10. The summed E-state index contributed by atoms with van der Waals surface area (Å²) in [5.74, 6) is 0.461. The molecule has 0 bridgehead atoms. The standard InChI is InChI=1S/C17H22N4O4/c1-3-18-16(22)21-15-9-12-5-4-6-13(14(12)11-19-15)10-20-17(23)25-8-7-24-2/h4-6,9,11H,3,7-8,10H2,1-2H3,(H,20,23)(H2,18,19,21,22). The Hall–Kier alpha value is -2.87. The minimum atomic E-state index is -0.503. The summed E-state index contributed by atoms with van der Waals surface area (Å²) in [5, 5.41) is 9.81. The number of rotatable bonds is 7. The number of carbonyl (C=O) groups excluding carboxylic acids is 2. The highest BCUT2D eigenvalue weighted by atomic mass is 16.6. The van der Waals surface area contributed by atoms with Crippen molar-refractivity contribution in [2.45, 2.75) is 13.5 Å². The molecule has 25 heavy (non-hydrogen) atoms. The molecule has 0 aliphatic rings. The number of ether oxygens (including phenoxy) is 2. The summed E-state index contributed by atoms with van der Waals surface area (Å²) < 4.78 is 9.78. The molecule has 0 spiro atoms. The van der Waals surface area contributed by atoms with Gasteiger partial charge in [0.1, 0.15) is 12.4 Å². The van der Waals surface area contributed by atoms with Crippen LogP contribution in [0.4, 0.5) is 15.4 Å². The van der Waals surface area contributed by atoms with E-state index in [2.05, 4.69) is 20.9 Å². The largest absolute Gasteiger partial charge is 0.447 e. The summed E-state index contributed by atoms with van der Waals surface area (Å²) in [4.78, 5) is 27.4. The van der Waals surface area contributed by atoms with Crippen LogP contribution in [0.3, 0.4) is 0 Å². The number of methoxy groups -OCH3 is 1. The molecule has 0 atom stereocenters. The SMILES string of the molecule is CCNC(=O)Nc1cc2cccc(CNC(=O)OCCOC)c2cn1. The van der Waals surface area contributed by atoms with E-state index in [0.29, 0.717) is 25.5 Å². The van der Waals surface area contributed by atoms with E-state index >= 15 is 0 Å². The van der Waals surface area contributed by atoms with Gasteiger partial charge in [-0.3, -0.25) is 5.32 Å². The number of pyridine rings is 1. The Balaban J connectivity index is 2.03. The molecule has 0 radical (unpaired) electrons. The van der Waals surface area contributed by atoms with Crippen LogP contribution in [0.15, 0.2) is 30.5 Å². The number of fused-ring (bicyclic) bond motifs is 1. The second-order valence-corrected chi connectivity index (χ2v) is 5.17. The number of nitrogens with one attached hydrogen (secondary N) is 3. The summed E-state index contributed by atoms with van der Waals surface area (Å²) in [5.41, 5.74) is 0.901. The second-order valence-electron chi connectivity index (χ2n) is 5.17. The summed E-state index contributed by atoms with van der Waals surface area (Å²) >= 11 is 0. The molecule has 0 saturated carbocycles. The quantitative estimate of drug-likeness (QED) is 0.668. The first kappa shape index (κ1) is 18.5. The fourth-order valence-electron chi connectivity index (χ4n) is 2.21. The number of amides is 3. The van der Waals surface area contributed by atoms with Gasteiger partial charge in [-0.1, -0.05) is 18.2 Å². The van der Waals surface area contributed by atoms with Crippen LogP contribution in [0, 0.1) is 0 Å². The number of nitrogens with zero attached hydrogens (tertiary/aromatic N) is 1. The third-order valence-corrected chi connectivity index (χ3v) is 3.38. The maximum atomic E-state index is 11.6. The van der Waals surface area contributed by atoms with Gasteiger partial charge in [-0.2, -0.15) is 0 Å². The molecule has 0 aliphatic heterocycles. The van der Waals surface area contributed by atoms with Crippen LogP contribution in [0.25, 0.3) is 10.8 Å².